The van der Waals surface area contributed by atoms with E-state index >= 15 is 0 Å². The van der Waals surface area contributed by atoms with Gasteiger partial charge in [-0.2, -0.15) is 0 Å². The van der Waals surface area contributed by atoms with Crippen molar-refractivity contribution >= 4 is 51.4 Å². The minimum atomic E-state index is 0. The first-order valence-electron chi connectivity index (χ1n) is 1.02. The van der Waals surface area contributed by atoms with Gasteiger partial charge in [0.15, 0.2) is 0 Å². The summed E-state index contributed by atoms with van der Waals surface area (Å²) in [6.45, 7) is 1.93. The van der Waals surface area contributed by atoms with Crippen LogP contribution in [0.5, 0.6) is 0 Å². The molecule has 2 nitrogen and oxygen atoms in total. The number of hydrogen-bond donors (Lipinski definition) is 1. The van der Waals surface area contributed by atoms with Crippen LogP contribution in [0.2, 0.25) is 0 Å². The maximum Gasteiger partial charge on any atom is 0.0402 e. The first-order chi connectivity index (χ1) is 1.41. The zero-order valence-electron chi connectivity index (χ0n) is 3.65. The fraction of sp³-hybridized carbons (Fsp3) is 1.00. The van der Waals surface area contributed by atoms with Crippen LogP contribution in [0.1, 0.15) is 6.92 Å². The third-order valence-electron chi connectivity index (χ3n) is 0. The van der Waals surface area contributed by atoms with E-state index < -0.39 is 0 Å². The van der Waals surface area contributed by atoms with Crippen LogP contribution in [0, 0.1) is 0 Å². The molecule has 0 unspecified atom stereocenters. The summed E-state index contributed by atoms with van der Waals surface area (Å²) in [6, 6.07) is 0. The summed E-state index contributed by atoms with van der Waals surface area (Å²) in [5.74, 6) is 0. The van der Waals surface area contributed by atoms with Crippen LogP contribution in [0.3, 0.4) is 0 Å². The molecule has 0 rings (SSSR count). The first-order valence-corrected chi connectivity index (χ1v) is 1.02. The number of rotatable bonds is 0. The molecule has 1 radical (unpaired) electrons. The van der Waals surface area contributed by atoms with Gasteiger partial charge in [0.05, 0.1) is 0 Å². The zero-order chi connectivity index (χ0) is 2.71. The predicted molar refractivity (Wildman–Crippen MR) is 22.1 cm³/mol. The number of aliphatic hydroxyl groups excluding tert-OH is 1. The Labute approximate surface area is 74.3 Å². The molecule has 5 heavy (non-hydrogen) atoms. The smallest absolute Gasteiger partial charge is 0.0402 e. The second kappa shape index (κ2) is 17.7. The molecule has 0 bridgehead atoms. The van der Waals surface area contributed by atoms with Crippen molar-refractivity contribution in [2.45, 2.75) is 6.92 Å². The molecule has 3 heteroatoms. The summed E-state index contributed by atoms with van der Waals surface area (Å²) in [6.07, 6.45) is 0. The van der Waals surface area contributed by atoms with Gasteiger partial charge in [0.1, 0.15) is 0 Å². The first kappa shape index (κ1) is 16.0. The minimum Gasteiger partial charge on any atom is -0.412 e. The van der Waals surface area contributed by atoms with E-state index in [1.807, 2.05) is 0 Å². The summed E-state index contributed by atoms with van der Waals surface area (Å²) in [4.78, 5) is 0. The standard InChI is InChI=1S/C2H6O.K.H2O/c1-2-3;;/h3H,2H2,1H3;;1H2. The molecule has 0 amide bonds. The Morgan fingerprint density at radius 3 is 1.60 bits per heavy atom. The molecule has 0 saturated heterocycles. The van der Waals surface area contributed by atoms with Gasteiger partial charge in [-0.1, -0.05) is 0 Å². The Hall–Kier alpha value is 1.56. The van der Waals surface area contributed by atoms with Crippen LogP contribution in [0.15, 0.2) is 0 Å². The van der Waals surface area contributed by atoms with E-state index in [-0.39, 0.29) is 63.5 Å². The molecule has 0 atom stereocenters. The Morgan fingerprint density at radius 1 is 1.60 bits per heavy atom. The van der Waals surface area contributed by atoms with Crippen LogP contribution in [0.25, 0.3) is 0 Å². The Bertz CT molecular complexity index is 7.61. The van der Waals surface area contributed by atoms with E-state index in [0.717, 1.165) is 0 Å². The molecule has 0 spiro atoms. The van der Waals surface area contributed by atoms with Crippen LogP contribution in [0.4, 0.5) is 0 Å². The molecular weight excluding hydrogens is 95.1 g/mol. The van der Waals surface area contributed by atoms with E-state index in [4.69, 9.17) is 5.11 Å². The molecule has 0 saturated carbocycles. The third-order valence-corrected chi connectivity index (χ3v) is 0. The van der Waals surface area contributed by atoms with Crippen molar-refractivity contribution in [2.24, 2.45) is 0 Å². The van der Waals surface area contributed by atoms with Crippen LogP contribution in [-0.4, -0.2) is 68.6 Å². The van der Waals surface area contributed by atoms with Crippen molar-refractivity contribution in [3.8, 4) is 0 Å². The van der Waals surface area contributed by atoms with Crippen LogP contribution in [-0.2, 0) is 0 Å². The van der Waals surface area contributed by atoms with Gasteiger partial charge in [-0.05, 0) is 6.92 Å². The van der Waals surface area contributed by atoms with Crippen LogP contribution < -0.4 is 0 Å². The van der Waals surface area contributed by atoms with E-state index in [1.54, 1.807) is 6.92 Å². The molecule has 0 aliphatic heterocycles. The van der Waals surface area contributed by atoms with Crippen molar-refractivity contribution < 1.29 is 10.6 Å². The third kappa shape index (κ3) is 29.0. The summed E-state index contributed by atoms with van der Waals surface area (Å²) in [7, 11) is 0. The van der Waals surface area contributed by atoms with Crippen LogP contribution >= 0.6 is 0 Å². The molecule has 0 fully saturated rings. The van der Waals surface area contributed by atoms with Gasteiger partial charge in [0.25, 0.3) is 0 Å². The van der Waals surface area contributed by atoms with Gasteiger partial charge >= 0.3 is 0 Å². The molecule has 3 N–H and O–H groups in total. The Balaban J connectivity index is -0.0000000200. The molecule has 29 valence electrons. The molecule has 0 aliphatic rings. The van der Waals surface area contributed by atoms with E-state index in [9.17, 15) is 0 Å². The van der Waals surface area contributed by atoms with Crippen molar-refractivity contribution in [1.29, 1.82) is 0 Å². The monoisotopic (exact) mass is 103 g/mol. The second-order valence-electron chi connectivity index (χ2n) is 0.316. The predicted octanol–water partition coefficient (Wildman–Crippen LogP) is -1.21. The topological polar surface area (TPSA) is 51.7 Å². The minimum absolute atomic E-state index is 0. The fourth-order valence-corrected chi connectivity index (χ4v) is 0. The molecule has 0 aromatic carbocycles. The average molecular weight is 103 g/mol. The molecule has 0 aromatic heterocycles. The molecule has 0 aromatic rings. The zero-order valence-corrected chi connectivity index (χ0v) is 6.78. The molecule has 0 aliphatic carbocycles. The summed E-state index contributed by atoms with van der Waals surface area (Å²) in [5, 5.41) is 7.57. The SMILES string of the molecule is CCO.O.[K]. The van der Waals surface area contributed by atoms with Crippen molar-refractivity contribution in [3.63, 3.8) is 0 Å². The van der Waals surface area contributed by atoms with E-state index in [1.165, 1.54) is 0 Å². The average Bonchev–Trinajstić information content (AvgIpc) is 0.918. The normalized spacial score (nSPS) is 3.60. The maximum atomic E-state index is 7.57. The molecule has 0 heterocycles. The maximum absolute atomic E-state index is 7.57. The van der Waals surface area contributed by atoms with Gasteiger partial charge in [0, 0.05) is 58.0 Å². The molecular formula is C2H8KO2. The van der Waals surface area contributed by atoms with E-state index in [0.29, 0.717) is 0 Å². The summed E-state index contributed by atoms with van der Waals surface area (Å²) in [5.41, 5.74) is 0. The Morgan fingerprint density at radius 2 is 1.60 bits per heavy atom. The van der Waals surface area contributed by atoms with Gasteiger partial charge in [-0.3, -0.25) is 0 Å². The largest absolute Gasteiger partial charge is 0.412 e. The summed E-state index contributed by atoms with van der Waals surface area (Å²) >= 11 is 0. The number of hydrogen-bond acceptors (Lipinski definition) is 1. The Kier molecular flexibility index (Phi) is 56.5. The van der Waals surface area contributed by atoms with Crippen molar-refractivity contribution in [3.05, 3.63) is 0 Å². The fourth-order valence-electron chi connectivity index (χ4n) is 0. The van der Waals surface area contributed by atoms with Crippen molar-refractivity contribution in [1.82, 2.24) is 0 Å². The van der Waals surface area contributed by atoms with Gasteiger partial charge in [-0.25, -0.2) is 0 Å². The van der Waals surface area contributed by atoms with Gasteiger partial charge in [0.2, 0.25) is 0 Å². The van der Waals surface area contributed by atoms with Crippen molar-refractivity contribution in [2.75, 3.05) is 6.61 Å². The van der Waals surface area contributed by atoms with E-state index in [2.05, 4.69) is 0 Å². The summed E-state index contributed by atoms with van der Waals surface area (Å²) < 4.78 is 0. The second-order valence-corrected chi connectivity index (χ2v) is 0.316. The van der Waals surface area contributed by atoms with Gasteiger partial charge < -0.3 is 10.6 Å². The van der Waals surface area contributed by atoms with Gasteiger partial charge in [-0.15, -0.1) is 0 Å². The quantitative estimate of drug-likeness (QED) is 0.384. The number of aliphatic hydroxyl groups is 1.